The van der Waals surface area contributed by atoms with Crippen LogP contribution < -0.4 is 9.47 Å². The van der Waals surface area contributed by atoms with Crippen LogP contribution in [0.5, 0.6) is 11.8 Å². The van der Waals surface area contributed by atoms with Gasteiger partial charge < -0.3 is 29.1 Å². The minimum absolute atomic E-state index is 0.0382. The summed E-state index contributed by atoms with van der Waals surface area (Å²) < 4.78 is 57.3. The van der Waals surface area contributed by atoms with Gasteiger partial charge in [-0.25, -0.2) is 4.79 Å². The number of halogens is 3. The molecule has 0 spiro atoms. The lowest BCUT2D eigenvalue weighted by Gasteiger charge is -2.21. The number of fused-ring (bicyclic) bond motifs is 1. The van der Waals surface area contributed by atoms with E-state index in [0.29, 0.717) is 19.4 Å². The number of alkyl halides is 3. The summed E-state index contributed by atoms with van der Waals surface area (Å²) in [6.07, 6.45) is -4.01. The van der Waals surface area contributed by atoms with E-state index in [4.69, 9.17) is 14.2 Å². The van der Waals surface area contributed by atoms with Crippen molar-refractivity contribution in [3.63, 3.8) is 0 Å². The molecule has 13 heteroatoms. The number of carbonyl (C=O) groups excluding carboxylic acids is 1. The number of hydrogen-bond donors (Lipinski definition) is 0. The Balaban J connectivity index is 1.39. The van der Waals surface area contributed by atoms with Crippen molar-refractivity contribution in [1.82, 2.24) is 9.55 Å². The second-order valence-electron chi connectivity index (χ2n) is 6.23. The molecule has 0 N–H and O–H groups in total. The van der Waals surface area contributed by atoms with Gasteiger partial charge in [0.1, 0.15) is 24.7 Å². The number of aryl methyl sites for hydroxylation is 1. The van der Waals surface area contributed by atoms with E-state index in [1.165, 1.54) is 22.9 Å². The smallest absolute Gasteiger partial charge is 0.442 e. The molecule has 0 saturated carbocycles. The van der Waals surface area contributed by atoms with Crippen LogP contribution in [-0.4, -0.2) is 39.7 Å². The molecule has 1 aromatic heterocycles. The summed E-state index contributed by atoms with van der Waals surface area (Å²) in [6, 6.07) is 5.14. The Bertz CT molecular complexity index is 916. The summed E-state index contributed by atoms with van der Waals surface area (Å²) in [4.78, 5) is 25.5. The van der Waals surface area contributed by atoms with Crippen molar-refractivity contribution in [2.24, 2.45) is 0 Å². The number of rotatable bonds is 7. The lowest BCUT2D eigenvalue weighted by Crippen LogP contribution is -2.27. The maximum absolute atomic E-state index is 12.2. The molecule has 162 valence electrons. The molecular formula is C17H16F3N3O7. The van der Waals surface area contributed by atoms with Crippen molar-refractivity contribution < 1.29 is 41.8 Å². The number of benzene rings is 1. The monoisotopic (exact) mass is 431 g/mol. The first-order valence-corrected chi connectivity index (χ1v) is 8.72. The van der Waals surface area contributed by atoms with Crippen molar-refractivity contribution >= 4 is 12.0 Å². The number of nitro groups is 1. The average molecular weight is 431 g/mol. The van der Waals surface area contributed by atoms with Gasteiger partial charge in [0.05, 0.1) is 6.61 Å². The fourth-order valence-corrected chi connectivity index (χ4v) is 2.71. The van der Waals surface area contributed by atoms with E-state index < -0.39 is 23.2 Å². The van der Waals surface area contributed by atoms with E-state index in [1.54, 1.807) is 0 Å². The Morgan fingerprint density at radius 3 is 2.90 bits per heavy atom. The van der Waals surface area contributed by atoms with Gasteiger partial charge in [-0.3, -0.25) is 4.57 Å². The molecule has 0 radical (unpaired) electrons. The van der Waals surface area contributed by atoms with Crippen molar-refractivity contribution in [3.05, 3.63) is 46.1 Å². The quantitative estimate of drug-likeness (QED) is 0.371. The molecule has 1 aliphatic heterocycles. The van der Waals surface area contributed by atoms with Gasteiger partial charge in [0.25, 0.3) is 0 Å². The molecule has 1 aromatic carbocycles. The highest BCUT2D eigenvalue weighted by Crippen LogP contribution is 2.25. The summed E-state index contributed by atoms with van der Waals surface area (Å²) in [7, 11) is 0. The highest BCUT2D eigenvalue weighted by atomic mass is 19.4. The molecule has 2 aromatic rings. The van der Waals surface area contributed by atoms with Gasteiger partial charge >= 0.3 is 24.3 Å². The Morgan fingerprint density at radius 1 is 1.37 bits per heavy atom. The lowest BCUT2D eigenvalue weighted by molar-refractivity contribution is -0.389. The molecule has 0 bridgehead atoms. The molecule has 2 heterocycles. The van der Waals surface area contributed by atoms with Crippen LogP contribution in [0.2, 0.25) is 0 Å². The fourth-order valence-electron chi connectivity index (χ4n) is 2.71. The third-order valence-electron chi connectivity index (χ3n) is 4.03. The average Bonchev–Trinajstić information content (AvgIpc) is 3.09. The van der Waals surface area contributed by atoms with Crippen molar-refractivity contribution in [2.45, 2.75) is 38.5 Å². The molecule has 0 fully saturated rings. The van der Waals surface area contributed by atoms with Gasteiger partial charge in [0, 0.05) is 24.4 Å². The first-order chi connectivity index (χ1) is 14.2. The second-order valence-corrected chi connectivity index (χ2v) is 6.23. The molecule has 1 aliphatic rings. The minimum Gasteiger partial charge on any atom is -0.442 e. The van der Waals surface area contributed by atoms with Crippen LogP contribution in [0.4, 0.5) is 23.8 Å². The molecule has 0 unspecified atom stereocenters. The summed E-state index contributed by atoms with van der Waals surface area (Å²) in [5, 5.41) is 10.7. The molecule has 0 aliphatic carbocycles. The van der Waals surface area contributed by atoms with Crippen molar-refractivity contribution in [3.8, 4) is 11.8 Å². The van der Waals surface area contributed by atoms with E-state index in [-0.39, 0.29) is 36.7 Å². The SMILES string of the molecule is O=C(OCC[C@H]1CCn2cc([N+](=O)[O-])nc2O1)OCc1cccc(OC(F)(F)F)c1. The van der Waals surface area contributed by atoms with E-state index in [9.17, 15) is 28.1 Å². The zero-order valence-corrected chi connectivity index (χ0v) is 15.3. The largest absolute Gasteiger partial charge is 0.573 e. The Kier molecular flexibility index (Phi) is 6.28. The number of hydrogen-bond acceptors (Lipinski definition) is 8. The normalized spacial score (nSPS) is 15.6. The highest BCUT2D eigenvalue weighted by molar-refractivity contribution is 5.59. The van der Waals surface area contributed by atoms with Gasteiger partial charge in [0.2, 0.25) is 0 Å². The van der Waals surface area contributed by atoms with Crippen LogP contribution in [-0.2, 0) is 22.6 Å². The summed E-state index contributed by atoms with van der Waals surface area (Å²) in [5.41, 5.74) is 0.290. The zero-order valence-electron chi connectivity index (χ0n) is 15.3. The van der Waals surface area contributed by atoms with Crippen LogP contribution in [0.3, 0.4) is 0 Å². The molecule has 0 saturated heterocycles. The van der Waals surface area contributed by atoms with Crippen molar-refractivity contribution in [1.29, 1.82) is 0 Å². The van der Waals surface area contributed by atoms with Crippen LogP contribution in [0, 0.1) is 10.1 Å². The van der Waals surface area contributed by atoms with E-state index in [2.05, 4.69) is 9.72 Å². The summed E-state index contributed by atoms with van der Waals surface area (Å²) in [6.45, 7) is 0.139. The predicted molar refractivity (Wildman–Crippen MR) is 91.8 cm³/mol. The van der Waals surface area contributed by atoms with Crippen LogP contribution >= 0.6 is 0 Å². The predicted octanol–water partition coefficient (Wildman–Crippen LogP) is 3.58. The minimum atomic E-state index is -4.82. The first kappa shape index (κ1) is 21.2. The van der Waals surface area contributed by atoms with Gasteiger partial charge in [0.15, 0.2) is 0 Å². The topological polar surface area (TPSA) is 115 Å². The molecule has 0 amide bonds. The summed E-state index contributed by atoms with van der Waals surface area (Å²) >= 11 is 0. The zero-order chi connectivity index (χ0) is 21.7. The van der Waals surface area contributed by atoms with Gasteiger partial charge in [-0.05, 0) is 22.6 Å². The molecule has 30 heavy (non-hydrogen) atoms. The molecule has 1 atom stereocenters. The number of ether oxygens (including phenoxy) is 4. The number of imidazole rings is 1. The maximum Gasteiger partial charge on any atom is 0.573 e. The first-order valence-electron chi connectivity index (χ1n) is 8.72. The molecular weight excluding hydrogens is 415 g/mol. The van der Waals surface area contributed by atoms with Gasteiger partial charge in [-0.1, -0.05) is 12.1 Å². The number of aromatic nitrogens is 2. The van der Waals surface area contributed by atoms with Gasteiger partial charge in [-0.2, -0.15) is 0 Å². The standard InChI is InChI=1S/C17H16F3N3O7/c18-17(19,20)30-13-3-1-2-11(8-13)10-28-16(24)27-7-5-12-4-6-22-9-14(23(25)26)21-15(22)29-12/h1-3,8-9,12H,4-7,10H2/t12-/m1/s1. The summed E-state index contributed by atoms with van der Waals surface area (Å²) in [5.74, 6) is -0.736. The third-order valence-corrected chi connectivity index (χ3v) is 4.03. The Labute approximate surface area is 167 Å². The third kappa shape index (κ3) is 5.99. The van der Waals surface area contributed by atoms with Gasteiger partial charge in [-0.15, -0.1) is 13.2 Å². The van der Waals surface area contributed by atoms with E-state index in [1.807, 2.05) is 0 Å². The lowest BCUT2D eigenvalue weighted by atomic mass is 10.2. The Hall–Kier alpha value is -3.51. The van der Waals surface area contributed by atoms with Crippen LogP contribution in [0.25, 0.3) is 0 Å². The van der Waals surface area contributed by atoms with Crippen molar-refractivity contribution in [2.75, 3.05) is 6.61 Å². The molecule has 10 nitrogen and oxygen atoms in total. The number of carbonyl (C=O) groups is 1. The maximum atomic E-state index is 12.2. The van der Waals surface area contributed by atoms with Crippen LogP contribution in [0.15, 0.2) is 30.5 Å². The molecule has 3 rings (SSSR count). The van der Waals surface area contributed by atoms with E-state index in [0.717, 1.165) is 12.1 Å². The second kappa shape index (κ2) is 8.88. The van der Waals surface area contributed by atoms with Crippen LogP contribution in [0.1, 0.15) is 18.4 Å². The Morgan fingerprint density at radius 2 is 2.17 bits per heavy atom. The van der Waals surface area contributed by atoms with E-state index >= 15 is 0 Å². The fraction of sp³-hybridized carbons (Fsp3) is 0.412. The highest BCUT2D eigenvalue weighted by Gasteiger charge is 2.31. The number of nitrogens with zero attached hydrogens (tertiary/aromatic N) is 3.